The number of fused-ring (bicyclic) bond motifs is 1. The van der Waals surface area contributed by atoms with E-state index >= 15 is 0 Å². The van der Waals surface area contributed by atoms with Crippen LogP contribution in [0.4, 0.5) is 0 Å². The van der Waals surface area contributed by atoms with Crippen molar-refractivity contribution in [2.24, 2.45) is 5.92 Å². The molecule has 3 aliphatic heterocycles. The number of carbonyl (C=O) groups excluding carboxylic acids is 1. The third-order valence-corrected chi connectivity index (χ3v) is 8.87. The highest BCUT2D eigenvalue weighted by Gasteiger charge is 2.58. The number of β-lactam (4-membered cyclic amide) rings is 1. The number of hydrogen-bond donors (Lipinski definition) is 2. The molecule has 0 bridgehead atoms. The molecule has 1 amide bonds. The summed E-state index contributed by atoms with van der Waals surface area (Å²) >= 11 is 2.61. The molecule has 0 saturated carbocycles. The van der Waals surface area contributed by atoms with Crippen LogP contribution >= 0.6 is 23.5 Å². The van der Waals surface area contributed by atoms with Gasteiger partial charge in [0.2, 0.25) is 5.91 Å². The Bertz CT molecular complexity index is 561. The molecule has 0 aromatic heterocycles. The maximum Gasteiger partial charge on any atom is 0.354 e. The summed E-state index contributed by atoms with van der Waals surface area (Å²) in [7, 11) is -0.943. The largest absolute Gasteiger partial charge is 0.477 e. The fraction of sp³-hybridized carbons (Fsp3) is 0.667. The SMILES string of the molecule is C[C@@H](O)[C@H]1C(=O)N2C(C(=O)O)=C(S[C@@H]3CCC[S@@]3=O)S[C@H]12. The molecule has 2 saturated heterocycles. The minimum Gasteiger partial charge on any atom is -0.477 e. The van der Waals surface area contributed by atoms with E-state index in [0.717, 1.165) is 12.8 Å². The number of nitrogens with zero attached hydrogens (tertiary/aromatic N) is 1. The van der Waals surface area contributed by atoms with Gasteiger partial charge in [0.1, 0.15) is 5.37 Å². The number of carboxylic acids is 1. The van der Waals surface area contributed by atoms with Crippen molar-refractivity contribution in [1.82, 2.24) is 4.90 Å². The standard InChI is InChI=1S/C12H15NO5S3/c1-5(14)7-9(15)13-8(11(16)17)12(20-10(7)13)19-6-3-2-4-21(6)18/h5-7,10,14H,2-4H2,1H3,(H,16,17)/t5-,6+,7+,10-,21+/m1/s1. The maximum atomic E-state index is 12.0. The molecule has 0 aromatic carbocycles. The molecule has 0 aromatic rings. The first-order chi connectivity index (χ1) is 9.91. The van der Waals surface area contributed by atoms with Gasteiger partial charge in [0.25, 0.3) is 0 Å². The second kappa shape index (κ2) is 5.60. The highest BCUT2D eigenvalue weighted by atomic mass is 32.2. The summed E-state index contributed by atoms with van der Waals surface area (Å²) in [6.45, 7) is 1.54. The maximum absolute atomic E-state index is 12.0. The molecule has 5 atom stereocenters. The van der Waals surface area contributed by atoms with Gasteiger partial charge in [-0.15, -0.1) is 0 Å². The fourth-order valence-corrected chi connectivity index (χ4v) is 8.06. The number of aliphatic hydroxyl groups excluding tert-OH is 1. The predicted molar refractivity (Wildman–Crippen MR) is 81.7 cm³/mol. The van der Waals surface area contributed by atoms with Crippen molar-refractivity contribution >= 4 is 46.2 Å². The van der Waals surface area contributed by atoms with Crippen LogP contribution in [0.5, 0.6) is 0 Å². The van der Waals surface area contributed by atoms with Crippen LogP contribution in [-0.2, 0) is 20.4 Å². The Kier molecular flexibility index (Phi) is 4.10. The molecule has 0 aliphatic carbocycles. The zero-order valence-corrected chi connectivity index (χ0v) is 13.7. The van der Waals surface area contributed by atoms with Crippen molar-refractivity contribution < 1.29 is 24.0 Å². The number of amides is 1. The molecule has 2 N–H and O–H groups in total. The van der Waals surface area contributed by atoms with Crippen molar-refractivity contribution in [3.8, 4) is 0 Å². The smallest absolute Gasteiger partial charge is 0.354 e. The van der Waals surface area contributed by atoms with Crippen molar-refractivity contribution in [2.75, 3.05) is 5.75 Å². The Morgan fingerprint density at radius 3 is 2.81 bits per heavy atom. The van der Waals surface area contributed by atoms with E-state index in [0.29, 0.717) is 9.99 Å². The van der Waals surface area contributed by atoms with Crippen molar-refractivity contribution in [3.05, 3.63) is 9.93 Å². The zero-order chi connectivity index (χ0) is 15.3. The quantitative estimate of drug-likeness (QED) is 0.723. The second-order valence-corrected chi connectivity index (χ2v) is 9.83. The average molecular weight is 349 g/mol. The van der Waals surface area contributed by atoms with Gasteiger partial charge in [0, 0.05) is 16.6 Å². The second-order valence-electron chi connectivity index (χ2n) is 5.20. The lowest BCUT2D eigenvalue weighted by atomic mass is 9.92. The summed E-state index contributed by atoms with van der Waals surface area (Å²) in [4.78, 5) is 24.7. The number of carboxylic acid groups (broad SMARTS) is 1. The summed E-state index contributed by atoms with van der Waals surface area (Å²) in [5.41, 5.74) is -0.0131. The monoisotopic (exact) mass is 349 g/mol. The Labute approximate surface area is 132 Å². The first-order valence-electron chi connectivity index (χ1n) is 6.61. The average Bonchev–Trinajstić information content (AvgIpc) is 2.92. The van der Waals surface area contributed by atoms with E-state index in [9.17, 15) is 24.0 Å². The Morgan fingerprint density at radius 2 is 2.29 bits per heavy atom. The fourth-order valence-electron chi connectivity index (χ4n) is 2.72. The molecule has 3 aliphatic rings. The van der Waals surface area contributed by atoms with Crippen molar-refractivity contribution in [2.45, 2.75) is 35.8 Å². The van der Waals surface area contributed by atoms with Crippen LogP contribution in [0.25, 0.3) is 0 Å². The lowest BCUT2D eigenvalue weighted by Gasteiger charge is -2.43. The predicted octanol–water partition coefficient (Wildman–Crippen LogP) is 0.754. The van der Waals surface area contributed by atoms with Crippen LogP contribution in [0.3, 0.4) is 0 Å². The molecule has 3 rings (SSSR count). The van der Waals surface area contributed by atoms with E-state index in [1.807, 2.05) is 0 Å². The minimum absolute atomic E-state index is 0.0131. The van der Waals surface area contributed by atoms with Crippen LogP contribution in [0.15, 0.2) is 9.93 Å². The van der Waals surface area contributed by atoms with E-state index < -0.39 is 28.8 Å². The zero-order valence-electron chi connectivity index (χ0n) is 11.2. The first kappa shape index (κ1) is 15.4. The van der Waals surface area contributed by atoms with E-state index in [1.54, 1.807) is 0 Å². The third-order valence-electron chi connectivity index (χ3n) is 3.79. The summed E-state index contributed by atoms with van der Waals surface area (Å²) < 4.78 is 12.3. The van der Waals surface area contributed by atoms with Crippen molar-refractivity contribution in [3.63, 3.8) is 0 Å². The van der Waals surface area contributed by atoms with Gasteiger partial charge in [-0.25, -0.2) is 4.79 Å². The number of thioether (sulfide) groups is 2. The summed E-state index contributed by atoms with van der Waals surface area (Å²) in [6.07, 6.45) is 0.880. The van der Waals surface area contributed by atoms with Crippen molar-refractivity contribution in [1.29, 1.82) is 0 Å². The highest BCUT2D eigenvalue weighted by molar-refractivity contribution is 8.26. The van der Waals surface area contributed by atoms with Gasteiger partial charge >= 0.3 is 5.97 Å². The lowest BCUT2D eigenvalue weighted by Crippen LogP contribution is -2.60. The Hall–Kier alpha value is -0.510. The Morgan fingerprint density at radius 1 is 1.57 bits per heavy atom. The molecule has 3 heterocycles. The minimum atomic E-state index is -1.14. The molecular weight excluding hydrogens is 334 g/mol. The van der Waals surface area contributed by atoms with Gasteiger partial charge < -0.3 is 10.2 Å². The normalized spacial score (nSPS) is 36.7. The topological polar surface area (TPSA) is 94.9 Å². The van der Waals surface area contributed by atoms with E-state index in [4.69, 9.17) is 0 Å². The van der Waals surface area contributed by atoms with Gasteiger partial charge in [-0.1, -0.05) is 23.5 Å². The third kappa shape index (κ3) is 2.43. The van der Waals surface area contributed by atoms with Gasteiger partial charge in [0.15, 0.2) is 5.70 Å². The molecule has 21 heavy (non-hydrogen) atoms. The van der Waals surface area contributed by atoms with Crippen LogP contribution in [0.1, 0.15) is 19.8 Å². The van der Waals surface area contributed by atoms with Gasteiger partial charge in [-0.2, -0.15) is 0 Å². The van der Waals surface area contributed by atoms with Gasteiger partial charge in [-0.05, 0) is 19.8 Å². The van der Waals surface area contributed by atoms with Gasteiger partial charge in [-0.3, -0.25) is 13.9 Å². The van der Waals surface area contributed by atoms with E-state index in [1.165, 1.54) is 35.3 Å². The molecule has 2 fully saturated rings. The summed E-state index contributed by atoms with van der Waals surface area (Å²) in [5, 5.41) is 18.7. The Balaban J connectivity index is 1.84. The molecule has 0 spiro atoms. The molecule has 9 heteroatoms. The summed E-state index contributed by atoms with van der Waals surface area (Å²) in [5.74, 6) is -1.39. The summed E-state index contributed by atoms with van der Waals surface area (Å²) in [6, 6.07) is 0. The molecule has 116 valence electrons. The molecule has 0 radical (unpaired) electrons. The number of hydrogen-bond acceptors (Lipinski definition) is 6. The number of aliphatic hydroxyl groups is 1. The highest BCUT2D eigenvalue weighted by Crippen LogP contribution is 2.55. The molecule has 6 nitrogen and oxygen atoms in total. The van der Waals surface area contributed by atoms with Crippen LogP contribution in [0, 0.1) is 5.92 Å². The van der Waals surface area contributed by atoms with E-state index in [2.05, 4.69) is 0 Å². The first-order valence-corrected chi connectivity index (χ1v) is 9.75. The van der Waals surface area contributed by atoms with Crippen LogP contribution in [-0.4, -0.2) is 53.0 Å². The molecule has 0 unspecified atom stereocenters. The number of carbonyl (C=O) groups is 2. The van der Waals surface area contributed by atoms with Crippen LogP contribution < -0.4 is 0 Å². The van der Waals surface area contributed by atoms with E-state index in [-0.39, 0.29) is 21.6 Å². The lowest BCUT2D eigenvalue weighted by molar-refractivity contribution is -0.156. The number of rotatable bonds is 4. The van der Waals surface area contributed by atoms with Crippen LogP contribution in [0.2, 0.25) is 0 Å². The van der Waals surface area contributed by atoms with Gasteiger partial charge in [0.05, 0.1) is 20.8 Å². The molecular formula is C12H15NO5S3. The number of aliphatic carboxylic acids is 1.